The van der Waals surface area contributed by atoms with Crippen LogP contribution in [-0.2, 0) is 21.1 Å². The van der Waals surface area contributed by atoms with Crippen molar-refractivity contribution in [3.63, 3.8) is 0 Å². The van der Waals surface area contributed by atoms with Crippen molar-refractivity contribution in [2.75, 3.05) is 6.26 Å². The highest BCUT2D eigenvalue weighted by Gasteiger charge is 2.17. The predicted octanol–water partition coefficient (Wildman–Crippen LogP) is 5.42. The van der Waals surface area contributed by atoms with Gasteiger partial charge in [0.05, 0.1) is 21.5 Å². The molecule has 2 heterocycles. The first-order chi connectivity index (χ1) is 15.2. The molecule has 4 aromatic rings. The number of carbonyl (C=O) groups is 1. The van der Waals surface area contributed by atoms with Gasteiger partial charge in [0.15, 0.2) is 9.84 Å². The van der Waals surface area contributed by atoms with Gasteiger partial charge in [0.1, 0.15) is 0 Å². The Balaban J connectivity index is 1.49. The number of hydrogen-bond acceptors (Lipinski definition) is 4. The van der Waals surface area contributed by atoms with Crippen LogP contribution in [0.25, 0.3) is 21.5 Å². The molecule has 0 aliphatic rings. The second-order valence-electron chi connectivity index (χ2n) is 8.14. The van der Waals surface area contributed by atoms with Gasteiger partial charge < -0.3 is 10.3 Å². The number of thiophene rings is 1. The van der Waals surface area contributed by atoms with Gasteiger partial charge in [-0.2, -0.15) is 0 Å². The smallest absolute Gasteiger partial charge is 0.220 e. The molecule has 7 heteroatoms. The van der Waals surface area contributed by atoms with Crippen LogP contribution in [0.3, 0.4) is 0 Å². The highest BCUT2D eigenvalue weighted by molar-refractivity contribution is 7.90. The normalized spacial score (nSPS) is 12.7. The van der Waals surface area contributed by atoms with E-state index in [1.165, 1.54) is 11.8 Å². The fraction of sp³-hybridized carbons (Fsp3) is 0.240. The standard InChI is InChI=1S/C25H26N2O3S2/c1-16-6-12-22-21(15-16)20(25(27-22)23-5-4-14-31-23)11-13-24(28)26-17(2)18-7-9-19(10-8-18)32(3,29)30/h4-10,12,14-15,17,27H,11,13H2,1-3H3,(H,26,28). The molecule has 166 valence electrons. The molecule has 0 aliphatic carbocycles. The molecule has 2 aromatic heterocycles. The minimum Gasteiger partial charge on any atom is -0.354 e. The number of hydrogen-bond donors (Lipinski definition) is 2. The molecular weight excluding hydrogens is 440 g/mol. The predicted molar refractivity (Wildman–Crippen MR) is 131 cm³/mol. The Morgan fingerprint density at radius 2 is 1.88 bits per heavy atom. The number of nitrogens with one attached hydrogen (secondary N) is 2. The van der Waals surface area contributed by atoms with Crippen LogP contribution < -0.4 is 5.32 Å². The molecule has 1 amide bonds. The Morgan fingerprint density at radius 1 is 1.12 bits per heavy atom. The molecule has 2 aromatic carbocycles. The van der Waals surface area contributed by atoms with Crippen molar-refractivity contribution in [1.29, 1.82) is 0 Å². The molecule has 0 bridgehead atoms. The lowest BCUT2D eigenvalue weighted by molar-refractivity contribution is -0.121. The summed E-state index contributed by atoms with van der Waals surface area (Å²) in [5, 5.41) is 6.25. The van der Waals surface area contributed by atoms with E-state index in [2.05, 4.69) is 46.9 Å². The maximum atomic E-state index is 12.7. The van der Waals surface area contributed by atoms with E-state index in [-0.39, 0.29) is 16.8 Å². The summed E-state index contributed by atoms with van der Waals surface area (Å²) in [6.07, 6.45) is 2.18. The van der Waals surface area contributed by atoms with Crippen LogP contribution in [0.5, 0.6) is 0 Å². The quantitative estimate of drug-likeness (QED) is 0.382. The van der Waals surface area contributed by atoms with E-state index in [1.54, 1.807) is 35.6 Å². The zero-order valence-corrected chi connectivity index (χ0v) is 19.9. The van der Waals surface area contributed by atoms with Crippen molar-refractivity contribution in [1.82, 2.24) is 10.3 Å². The number of aryl methyl sites for hydroxylation is 2. The number of H-pyrrole nitrogens is 1. The van der Waals surface area contributed by atoms with Crippen LogP contribution in [0, 0.1) is 6.92 Å². The SMILES string of the molecule is Cc1ccc2[nH]c(-c3cccs3)c(CCC(=O)NC(C)c3ccc(S(C)(=O)=O)cc3)c2c1. The van der Waals surface area contributed by atoms with E-state index < -0.39 is 9.84 Å². The number of carbonyl (C=O) groups excluding carboxylic acids is 1. The fourth-order valence-electron chi connectivity index (χ4n) is 3.89. The highest BCUT2D eigenvalue weighted by atomic mass is 32.2. The lowest BCUT2D eigenvalue weighted by Gasteiger charge is -2.15. The average Bonchev–Trinajstić information content (AvgIpc) is 3.39. The van der Waals surface area contributed by atoms with Gasteiger partial charge in [0.2, 0.25) is 5.91 Å². The van der Waals surface area contributed by atoms with Crippen LogP contribution in [0.1, 0.15) is 36.1 Å². The minimum atomic E-state index is -3.24. The number of aromatic nitrogens is 1. The van der Waals surface area contributed by atoms with Crippen molar-refractivity contribution in [3.05, 3.63) is 76.7 Å². The molecule has 0 saturated heterocycles. The molecule has 32 heavy (non-hydrogen) atoms. The van der Waals surface area contributed by atoms with Gasteiger partial charge in [-0.3, -0.25) is 4.79 Å². The molecule has 0 spiro atoms. The fourth-order valence-corrected chi connectivity index (χ4v) is 5.27. The lowest BCUT2D eigenvalue weighted by atomic mass is 10.0. The monoisotopic (exact) mass is 466 g/mol. The van der Waals surface area contributed by atoms with Gasteiger partial charge in [-0.25, -0.2) is 8.42 Å². The molecule has 2 N–H and O–H groups in total. The summed E-state index contributed by atoms with van der Waals surface area (Å²) in [6.45, 7) is 3.98. The first kappa shape index (κ1) is 22.3. The third kappa shape index (κ3) is 4.79. The molecule has 1 atom stereocenters. The zero-order valence-electron chi connectivity index (χ0n) is 18.3. The summed E-state index contributed by atoms with van der Waals surface area (Å²) in [5.74, 6) is -0.0381. The lowest BCUT2D eigenvalue weighted by Crippen LogP contribution is -2.26. The Hall–Kier alpha value is -2.90. The van der Waals surface area contributed by atoms with Gasteiger partial charge >= 0.3 is 0 Å². The number of fused-ring (bicyclic) bond motifs is 1. The third-order valence-corrected chi connectivity index (χ3v) is 7.63. The van der Waals surface area contributed by atoms with Crippen LogP contribution in [0.2, 0.25) is 0 Å². The summed E-state index contributed by atoms with van der Waals surface area (Å²) < 4.78 is 23.3. The topological polar surface area (TPSA) is 79.0 Å². The number of aromatic amines is 1. The Kier molecular flexibility index (Phi) is 6.22. The Bertz CT molecular complexity index is 1350. The molecule has 5 nitrogen and oxygen atoms in total. The Morgan fingerprint density at radius 3 is 2.53 bits per heavy atom. The summed E-state index contributed by atoms with van der Waals surface area (Å²) in [7, 11) is -3.24. The maximum Gasteiger partial charge on any atom is 0.220 e. The van der Waals surface area contributed by atoms with Crippen LogP contribution >= 0.6 is 11.3 Å². The summed E-state index contributed by atoms with van der Waals surface area (Å²) >= 11 is 1.68. The zero-order chi connectivity index (χ0) is 22.9. The second kappa shape index (κ2) is 8.92. The van der Waals surface area contributed by atoms with Crippen LogP contribution in [0.15, 0.2) is 64.9 Å². The van der Waals surface area contributed by atoms with Crippen molar-refractivity contribution in [3.8, 4) is 10.6 Å². The van der Waals surface area contributed by atoms with Crippen LogP contribution in [0.4, 0.5) is 0 Å². The first-order valence-corrected chi connectivity index (χ1v) is 13.2. The van der Waals surface area contributed by atoms with E-state index >= 15 is 0 Å². The van der Waals surface area contributed by atoms with Gasteiger partial charge in [0.25, 0.3) is 0 Å². The molecule has 4 rings (SSSR count). The van der Waals surface area contributed by atoms with Gasteiger partial charge in [-0.15, -0.1) is 11.3 Å². The Labute approximate surface area is 192 Å². The van der Waals surface area contributed by atoms with E-state index in [0.717, 1.165) is 32.6 Å². The third-order valence-electron chi connectivity index (χ3n) is 5.62. The average molecular weight is 467 g/mol. The number of benzene rings is 2. The van der Waals surface area contributed by atoms with E-state index in [9.17, 15) is 13.2 Å². The largest absolute Gasteiger partial charge is 0.354 e. The molecule has 1 unspecified atom stereocenters. The van der Waals surface area contributed by atoms with Gasteiger partial charge in [-0.05, 0) is 67.1 Å². The van der Waals surface area contributed by atoms with Crippen LogP contribution in [-0.4, -0.2) is 25.6 Å². The highest BCUT2D eigenvalue weighted by Crippen LogP contribution is 2.34. The van der Waals surface area contributed by atoms with Crippen molar-refractivity contribution in [2.24, 2.45) is 0 Å². The first-order valence-electron chi connectivity index (χ1n) is 10.5. The summed E-state index contributed by atoms with van der Waals surface area (Å²) in [5.41, 5.74) is 5.37. The number of amides is 1. The molecule has 0 saturated carbocycles. The second-order valence-corrected chi connectivity index (χ2v) is 11.1. The number of rotatable bonds is 7. The van der Waals surface area contributed by atoms with Gasteiger partial charge in [-0.1, -0.05) is 29.8 Å². The molecule has 0 aliphatic heterocycles. The summed E-state index contributed by atoms with van der Waals surface area (Å²) in [6, 6.07) is 16.9. The number of sulfone groups is 1. The van der Waals surface area contributed by atoms with E-state index in [1.807, 2.05) is 13.0 Å². The molecule has 0 fully saturated rings. The van der Waals surface area contributed by atoms with Crippen molar-refractivity contribution < 1.29 is 13.2 Å². The molecular formula is C25H26N2O3S2. The maximum absolute atomic E-state index is 12.7. The molecule has 0 radical (unpaired) electrons. The van der Waals surface area contributed by atoms with E-state index in [0.29, 0.717) is 12.8 Å². The minimum absolute atomic E-state index is 0.0381. The van der Waals surface area contributed by atoms with Crippen molar-refractivity contribution >= 4 is 38.0 Å². The van der Waals surface area contributed by atoms with Gasteiger partial charge in [0, 0.05) is 23.6 Å². The van der Waals surface area contributed by atoms with E-state index in [4.69, 9.17) is 0 Å². The van der Waals surface area contributed by atoms with Crippen molar-refractivity contribution in [2.45, 2.75) is 37.6 Å². The summed E-state index contributed by atoms with van der Waals surface area (Å²) in [4.78, 5) is 17.7.